The van der Waals surface area contributed by atoms with Crippen LogP contribution in [-0.2, 0) is 38.8 Å². The number of hydrogen-bond acceptors (Lipinski definition) is 7. The number of aromatic nitrogens is 3. The van der Waals surface area contributed by atoms with Gasteiger partial charge in [-0.3, -0.25) is 0 Å². The molecule has 0 N–H and O–H groups in total. The van der Waals surface area contributed by atoms with Gasteiger partial charge in [0.25, 0.3) is 0 Å². The molecule has 1 aromatic heterocycles. The summed E-state index contributed by atoms with van der Waals surface area (Å²) >= 11 is 0. The lowest BCUT2D eigenvalue weighted by Gasteiger charge is -2.50. The highest BCUT2D eigenvalue weighted by Gasteiger charge is 2.57. The minimum absolute atomic E-state index is 0.0183. The molecule has 257 valence electrons. The number of benzene rings is 4. The lowest BCUT2D eigenvalue weighted by atomic mass is 9.80. The van der Waals surface area contributed by atoms with Crippen molar-refractivity contribution >= 4 is 0 Å². The van der Waals surface area contributed by atoms with Crippen LogP contribution < -0.4 is 0 Å². The summed E-state index contributed by atoms with van der Waals surface area (Å²) < 4.78 is 70.0. The Bertz CT molecular complexity index is 1850. The maximum absolute atomic E-state index is 14.3. The van der Waals surface area contributed by atoms with Crippen LogP contribution >= 0.6 is 0 Å². The second kappa shape index (κ2) is 16.2. The van der Waals surface area contributed by atoms with Gasteiger partial charge in [0.2, 0.25) is 0 Å². The summed E-state index contributed by atoms with van der Waals surface area (Å²) in [6.45, 7) is 4.67. The molecular formula is C39H36F3N4O4. The van der Waals surface area contributed by atoms with E-state index in [2.05, 4.69) is 23.3 Å². The summed E-state index contributed by atoms with van der Waals surface area (Å²) in [7, 11) is 0. The Morgan fingerprint density at radius 2 is 1.38 bits per heavy atom. The van der Waals surface area contributed by atoms with Crippen LogP contribution in [0, 0.1) is 35.7 Å². The second-order valence-corrected chi connectivity index (χ2v) is 12.1. The maximum atomic E-state index is 14.3. The lowest BCUT2D eigenvalue weighted by molar-refractivity contribution is -0.265. The minimum atomic E-state index is -1.58. The van der Waals surface area contributed by atoms with Crippen LogP contribution in [0.2, 0.25) is 0 Å². The van der Waals surface area contributed by atoms with Gasteiger partial charge in [0, 0.05) is 5.56 Å². The molecule has 5 aromatic rings. The van der Waals surface area contributed by atoms with Gasteiger partial charge in [-0.1, -0.05) is 103 Å². The van der Waals surface area contributed by atoms with Crippen LogP contribution in [0.4, 0.5) is 13.2 Å². The Morgan fingerprint density at radius 3 is 1.94 bits per heavy atom. The number of nitriles is 1. The van der Waals surface area contributed by atoms with Crippen molar-refractivity contribution in [3.63, 3.8) is 0 Å². The first kappa shape index (κ1) is 35.0. The summed E-state index contributed by atoms with van der Waals surface area (Å²) in [4.78, 5) is 0. The monoisotopic (exact) mass is 681 g/mol. The maximum Gasteiger partial charge on any atom is 0.194 e. The van der Waals surface area contributed by atoms with E-state index in [9.17, 15) is 18.4 Å². The predicted molar refractivity (Wildman–Crippen MR) is 178 cm³/mol. The van der Waals surface area contributed by atoms with Crippen LogP contribution in [0.25, 0.3) is 11.3 Å². The van der Waals surface area contributed by atoms with Crippen molar-refractivity contribution in [1.29, 1.82) is 5.26 Å². The van der Waals surface area contributed by atoms with Gasteiger partial charge in [-0.05, 0) is 41.7 Å². The molecule has 0 amide bonds. The van der Waals surface area contributed by atoms with Crippen molar-refractivity contribution in [2.45, 2.75) is 62.6 Å². The Morgan fingerprint density at radius 1 is 0.820 bits per heavy atom. The molecular weight excluding hydrogens is 645 g/mol. The van der Waals surface area contributed by atoms with Gasteiger partial charge in [-0.2, -0.15) is 5.26 Å². The first-order valence-electron chi connectivity index (χ1n) is 16.3. The zero-order valence-electron chi connectivity index (χ0n) is 27.2. The molecule has 50 heavy (non-hydrogen) atoms. The molecule has 5 atom stereocenters. The van der Waals surface area contributed by atoms with Crippen molar-refractivity contribution in [2.75, 3.05) is 6.61 Å². The van der Waals surface area contributed by atoms with Gasteiger partial charge < -0.3 is 18.9 Å². The first-order valence-corrected chi connectivity index (χ1v) is 16.3. The van der Waals surface area contributed by atoms with Gasteiger partial charge in [-0.25, -0.2) is 17.9 Å². The van der Waals surface area contributed by atoms with E-state index in [1.165, 1.54) is 10.9 Å². The zero-order chi connectivity index (χ0) is 34.9. The van der Waals surface area contributed by atoms with Crippen LogP contribution in [0.15, 0.2) is 109 Å². The molecule has 0 spiro atoms. The smallest absolute Gasteiger partial charge is 0.194 e. The SMILES string of the molecule is [CH2]CC[C@]1(C#N)O[C@H](COCc2ccccc2)[C@H](OCc2ccccc2)[C@H](n2cc(-c3cc(F)c(F)c(F)c3)nn2)[C@H]1OCc1ccccc1. The molecule has 1 aliphatic heterocycles. The van der Waals surface area contributed by atoms with Crippen LogP contribution in [0.1, 0.15) is 35.6 Å². The average Bonchev–Trinajstić information content (AvgIpc) is 3.64. The third kappa shape index (κ3) is 7.95. The van der Waals surface area contributed by atoms with E-state index in [0.29, 0.717) is 6.42 Å². The minimum Gasteiger partial charge on any atom is -0.374 e. The predicted octanol–water partition coefficient (Wildman–Crippen LogP) is 7.57. The Labute approximate surface area is 289 Å². The van der Waals surface area contributed by atoms with E-state index in [1.54, 1.807) is 0 Å². The molecule has 8 nitrogen and oxygen atoms in total. The number of rotatable bonds is 14. The Balaban J connectivity index is 1.43. The molecule has 1 saturated heterocycles. The fraction of sp³-hybridized carbons (Fsp3) is 0.282. The molecule has 0 saturated carbocycles. The Kier molecular flexibility index (Phi) is 11.4. The fourth-order valence-electron chi connectivity index (χ4n) is 6.19. The van der Waals surface area contributed by atoms with E-state index in [4.69, 9.17) is 18.9 Å². The summed E-state index contributed by atoms with van der Waals surface area (Å²) in [5.74, 6) is -4.30. The standard InChI is InChI=1S/C39H36F3N4O4/c1-2-18-39(26-43)38(49-24-29-16-10-5-11-17-29)36(46-21-33(44-45-46)30-19-31(40)35(42)32(41)20-30)37(48-23-28-14-8-4-9-15-28)34(50-39)25-47-22-27-12-6-3-7-13-27/h3-17,19-21,34,36-38H,1-2,18,22-25H2/t34-,36+,37+,38-,39-/m1/s1. The number of halogens is 3. The summed E-state index contributed by atoms with van der Waals surface area (Å²) in [6.07, 6.45) is -0.589. The van der Waals surface area contributed by atoms with Crippen molar-refractivity contribution in [3.05, 3.63) is 150 Å². The van der Waals surface area contributed by atoms with E-state index >= 15 is 0 Å². The quantitative estimate of drug-likeness (QED) is 0.112. The molecule has 1 radical (unpaired) electrons. The van der Waals surface area contributed by atoms with Gasteiger partial charge >= 0.3 is 0 Å². The summed E-state index contributed by atoms with van der Waals surface area (Å²) in [5.41, 5.74) is 1.23. The average molecular weight is 682 g/mol. The molecule has 6 rings (SSSR count). The second-order valence-electron chi connectivity index (χ2n) is 12.1. The third-order valence-electron chi connectivity index (χ3n) is 8.62. The third-order valence-corrected chi connectivity index (χ3v) is 8.62. The lowest BCUT2D eigenvalue weighted by Crippen LogP contribution is -2.63. The highest BCUT2D eigenvalue weighted by Crippen LogP contribution is 2.43. The molecule has 4 aromatic carbocycles. The Hall–Kier alpha value is -4.86. The molecule has 0 bridgehead atoms. The van der Waals surface area contributed by atoms with Crippen LogP contribution in [0.3, 0.4) is 0 Å². The van der Waals surface area contributed by atoms with E-state index in [0.717, 1.165) is 28.8 Å². The van der Waals surface area contributed by atoms with Crippen molar-refractivity contribution < 1.29 is 32.1 Å². The fourth-order valence-corrected chi connectivity index (χ4v) is 6.19. The summed E-state index contributed by atoms with van der Waals surface area (Å²) in [5, 5.41) is 19.4. The number of ether oxygens (including phenoxy) is 4. The normalized spacial score (nSPS) is 21.9. The summed E-state index contributed by atoms with van der Waals surface area (Å²) in [6, 6.07) is 31.9. The molecule has 0 aliphatic carbocycles. The number of nitrogens with zero attached hydrogens (tertiary/aromatic N) is 4. The zero-order valence-corrected chi connectivity index (χ0v) is 27.2. The molecule has 0 unspecified atom stereocenters. The topological polar surface area (TPSA) is 91.4 Å². The van der Waals surface area contributed by atoms with E-state index < -0.39 is 47.4 Å². The van der Waals surface area contributed by atoms with Crippen LogP contribution in [0.5, 0.6) is 0 Å². The first-order chi connectivity index (χ1) is 24.4. The van der Waals surface area contributed by atoms with Crippen molar-refractivity contribution in [2.24, 2.45) is 0 Å². The van der Waals surface area contributed by atoms with Crippen LogP contribution in [-0.4, -0.2) is 45.5 Å². The molecule has 1 aliphatic rings. The number of hydrogen-bond donors (Lipinski definition) is 0. The van der Waals surface area contributed by atoms with E-state index in [1.807, 2.05) is 91.0 Å². The largest absolute Gasteiger partial charge is 0.374 e. The van der Waals surface area contributed by atoms with Crippen molar-refractivity contribution in [1.82, 2.24) is 15.0 Å². The van der Waals surface area contributed by atoms with Crippen molar-refractivity contribution in [3.8, 4) is 17.3 Å². The van der Waals surface area contributed by atoms with Gasteiger partial charge in [0.05, 0.1) is 32.6 Å². The van der Waals surface area contributed by atoms with Gasteiger partial charge in [0.1, 0.15) is 36.1 Å². The van der Waals surface area contributed by atoms with Gasteiger partial charge in [-0.15, -0.1) is 5.10 Å². The van der Waals surface area contributed by atoms with E-state index in [-0.39, 0.29) is 44.1 Å². The van der Waals surface area contributed by atoms with Gasteiger partial charge in [0.15, 0.2) is 23.1 Å². The molecule has 1 fully saturated rings. The molecule has 2 heterocycles. The highest BCUT2D eigenvalue weighted by atomic mass is 19.2. The molecule has 11 heteroatoms. The highest BCUT2D eigenvalue weighted by molar-refractivity contribution is 5.58.